The van der Waals surface area contributed by atoms with Gasteiger partial charge < -0.3 is 18.3 Å². The van der Waals surface area contributed by atoms with Gasteiger partial charge in [0.25, 0.3) is 0 Å². The van der Waals surface area contributed by atoms with Crippen molar-refractivity contribution in [3.05, 3.63) is 504 Å². The summed E-state index contributed by atoms with van der Waals surface area (Å²) < 4.78 is 13.9. The lowest BCUT2D eigenvalue weighted by molar-refractivity contribution is 0.953. The zero-order chi connectivity index (χ0) is 92.2. The molecule has 0 unspecified atom stereocenters. The van der Waals surface area contributed by atoms with Crippen LogP contribution in [-0.2, 0) is 0 Å². The van der Waals surface area contributed by atoms with Crippen LogP contribution in [0.15, 0.2) is 504 Å². The Bertz CT molecular complexity index is 9730. The van der Waals surface area contributed by atoms with Crippen LogP contribution >= 0.6 is 0 Å². The number of fused-ring (bicyclic) bond motifs is 20. The standard InChI is InChI=1S/C48H30N4.C45H29N5.C36H24N2/c1-2-15-34(16-3-1)51-43-23-10-7-18-36(43)40-29-32(25-27-45(40)51)33-26-28-46-41(30-33)37-19-8-11-24-44(37)52(46)48-49-42-22-9-6-20-39(42)47(50-48)38-21-12-14-31-13-4-5-17-35(31)38;1-4-14-30(15-5-1)43-46-44(31-16-6-2-7-17-31)48-45(47-43)50-40-23-13-11-21-36(40)38-28-32(25-27-41(38)50)33-24-26-37-35-20-10-12-22-39(35)49(42(37)29-33)34-18-8-3-9-19-34;1-3-11-27(12-4-1)37-33-17-9-7-15-29(33)31-23-25(19-21-35(31)37)26-20-22-36-32(24-26)30-16-8-10-18-34(30)38(36)28-13-5-2-6-14-28/h1-30H;1-29H;1-24H. The molecule has 0 aliphatic heterocycles. The highest BCUT2D eigenvalue weighted by atomic mass is 15.2. The van der Waals surface area contributed by atoms with Gasteiger partial charge in [-0.2, -0.15) is 9.97 Å². The molecule has 0 saturated heterocycles. The summed E-state index contributed by atoms with van der Waals surface area (Å²) in [6.45, 7) is 0. The Morgan fingerprint density at radius 2 is 0.393 bits per heavy atom. The van der Waals surface area contributed by atoms with Crippen LogP contribution in [0, 0.1) is 0 Å². The molecule has 8 heterocycles. The number of aromatic nitrogens is 11. The van der Waals surface area contributed by atoms with Gasteiger partial charge in [0.2, 0.25) is 11.9 Å². The van der Waals surface area contributed by atoms with Crippen LogP contribution in [-0.4, -0.2) is 52.3 Å². The smallest absolute Gasteiger partial charge is 0.238 e. The van der Waals surface area contributed by atoms with E-state index >= 15 is 0 Å². The van der Waals surface area contributed by atoms with Crippen LogP contribution in [0.1, 0.15) is 0 Å². The van der Waals surface area contributed by atoms with Gasteiger partial charge in [0.1, 0.15) is 0 Å². The van der Waals surface area contributed by atoms with E-state index < -0.39 is 0 Å². The van der Waals surface area contributed by atoms with Gasteiger partial charge in [-0.05, 0) is 202 Å². The van der Waals surface area contributed by atoms with E-state index in [1.54, 1.807) is 0 Å². The molecule has 0 aliphatic rings. The molecule has 11 nitrogen and oxygen atoms in total. The maximum atomic E-state index is 5.38. The molecule has 0 amide bonds. The van der Waals surface area contributed by atoms with Crippen molar-refractivity contribution in [3.63, 3.8) is 0 Å². The van der Waals surface area contributed by atoms with Crippen LogP contribution in [0.5, 0.6) is 0 Å². The Balaban J connectivity index is 0.000000107. The summed E-state index contributed by atoms with van der Waals surface area (Å²) in [5.74, 6) is 2.53. The molecule has 0 aliphatic carbocycles. The molecule has 0 saturated carbocycles. The van der Waals surface area contributed by atoms with Crippen molar-refractivity contribution >= 4 is 153 Å². The fraction of sp³-hybridized carbons (Fsp3) is 0. The van der Waals surface area contributed by atoms with Gasteiger partial charge in [-0.15, -0.1) is 0 Å². The lowest BCUT2D eigenvalue weighted by Gasteiger charge is -2.13. The normalized spacial score (nSPS) is 11.7. The van der Waals surface area contributed by atoms with E-state index in [2.05, 4.69) is 470 Å². The quantitative estimate of drug-likeness (QED) is 0.121. The molecule has 654 valence electrons. The SMILES string of the molecule is c1ccc(-c2nc(-c3ccccc3)nc(-n3c4ccccc4c4cc(-c5ccc6c7ccccc7n(-c7ccccc7)c6c5)ccc43)n2)cc1.c1ccc(-n2c3ccccc3c3cc(-c4ccc5c(c4)c4ccccc4n5-c4ccccc4)ccc32)cc1.c1ccc(-n2c3ccccc3c3cc(-c4ccc5c(c4)c4ccccc4n5-c4nc(-c5cccc6ccccc56)c5ccccc5n4)ccc32)cc1. The third-order valence-corrected chi connectivity index (χ3v) is 27.8. The second-order valence-corrected chi connectivity index (χ2v) is 35.8. The molecule has 0 N–H and O–H groups in total. The minimum atomic E-state index is 0.588. The maximum absolute atomic E-state index is 5.38. The lowest BCUT2D eigenvalue weighted by Crippen LogP contribution is -2.06. The summed E-state index contributed by atoms with van der Waals surface area (Å²) in [5.41, 5.74) is 30.6. The number of hydrogen-bond acceptors (Lipinski definition) is 5. The zero-order valence-electron chi connectivity index (χ0n) is 75.8. The van der Waals surface area contributed by atoms with E-state index in [0.29, 0.717) is 23.5 Å². The van der Waals surface area contributed by atoms with Gasteiger partial charge in [0.05, 0.1) is 77.4 Å². The Hall–Kier alpha value is -19.0. The number of benzene rings is 21. The van der Waals surface area contributed by atoms with E-state index in [4.69, 9.17) is 24.9 Å². The first-order chi connectivity index (χ1) is 69.5. The zero-order valence-corrected chi connectivity index (χ0v) is 75.8. The van der Waals surface area contributed by atoms with Crippen LogP contribution < -0.4 is 0 Å². The Labute approximate surface area is 804 Å². The van der Waals surface area contributed by atoms with Gasteiger partial charge in [0, 0.05) is 109 Å². The molecule has 0 atom stereocenters. The van der Waals surface area contributed by atoms with Gasteiger partial charge >= 0.3 is 0 Å². The number of rotatable bonds is 12. The van der Waals surface area contributed by atoms with E-state index in [1.165, 1.54) is 142 Å². The fourth-order valence-corrected chi connectivity index (χ4v) is 21.5. The summed E-state index contributed by atoms with van der Waals surface area (Å²) >= 11 is 0. The Kier molecular flexibility index (Phi) is 19.3. The average Bonchev–Trinajstić information content (AvgIpc) is 1.56. The second kappa shape index (κ2) is 33.6. The third-order valence-electron chi connectivity index (χ3n) is 27.8. The van der Waals surface area contributed by atoms with Gasteiger partial charge in [-0.25, -0.2) is 15.0 Å². The lowest BCUT2D eigenvalue weighted by atomic mass is 9.99. The van der Waals surface area contributed by atoms with Crippen molar-refractivity contribution in [2.45, 2.75) is 0 Å². The van der Waals surface area contributed by atoms with Crippen LogP contribution in [0.3, 0.4) is 0 Å². The van der Waals surface area contributed by atoms with Crippen LogP contribution in [0.2, 0.25) is 0 Å². The number of hydrogen-bond donors (Lipinski definition) is 0. The molecular formula is C129H83N11. The number of para-hydroxylation sites is 11. The van der Waals surface area contributed by atoms with Crippen molar-refractivity contribution in [3.8, 4) is 102 Å². The molecule has 8 aromatic heterocycles. The van der Waals surface area contributed by atoms with Crippen molar-refractivity contribution in [2.24, 2.45) is 0 Å². The van der Waals surface area contributed by atoms with E-state index in [-0.39, 0.29) is 0 Å². The molecule has 0 radical (unpaired) electrons. The highest BCUT2D eigenvalue weighted by molar-refractivity contribution is 6.17. The van der Waals surface area contributed by atoms with Gasteiger partial charge in [-0.3, -0.25) is 9.13 Å². The summed E-state index contributed by atoms with van der Waals surface area (Å²) in [6.07, 6.45) is 0. The van der Waals surface area contributed by atoms with Crippen LogP contribution in [0.4, 0.5) is 0 Å². The summed E-state index contributed by atoms with van der Waals surface area (Å²) in [7, 11) is 0. The number of nitrogens with zero attached hydrogens (tertiary/aromatic N) is 11. The molecule has 0 fully saturated rings. The van der Waals surface area contributed by atoms with Crippen molar-refractivity contribution in [1.82, 2.24) is 52.3 Å². The van der Waals surface area contributed by atoms with Crippen LogP contribution in [0.25, 0.3) is 255 Å². The summed E-state index contributed by atoms with van der Waals surface area (Å²) in [5, 5.41) is 18.1. The van der Waals surface area contributed by atoms with E-state index in [0.717, 1.165) is 88.6 Å². The first kappa shape index (κ1) is 80.7. The predicted octanol–water partition coefficient (Wildman–Crippen LogP) is 32.9. The monoisotopic (exact) mass is 1790 g/mol. The molecule has 140 heavy (non-hydrogen) atoms. The first-order valence-electron chi connectivity index (χ1n) is 47.5. The topological polar surface area (TPSA) is 94.0 Å². The predicted molar refractivity (Wildman–Crippen MR) is 582 cm³/mol. The second-order valence-electron chi connectivity index (χ2n) is 35.8. The molecule has 29 aromatic rings. The molecule has 21 aromatic carbocycles. The third kappa shape index (κ3) is 13.6. The minimum absolute atomic E-state index is 0.588. The molecule has 0 bridgehead atoms. The molecular weight excluding hydrogens is 1700 g/mol. The average molecular weight is 1790 g/mol. The summed E-state index contributed by atoms with van der Waals surface area (Å²) in [4.78, 5) is 25.7. The van der Waals surface area contributed by atoms with Crippen molar-refractivity contribution in [2.75, 3.05) is 0 Å². The first-order valence-corrected chi connectivity index (χ1v) is 47.5. The van der Waals surface area contributed by atoms with Gasteiger partial charge in [0.15, 0.2) is 11.6 Å². The molecule has 29 rings (SSSR count). The Morgan fingerprint density at radius 1 is 0.136 bits per heavy atom. The highest BCUT2D eigenvalue weighted by Gasteiger charge is 2.25. The summed E-state index contributed by atoms with van der Waals surface area (Å²) in [6, 6.07) is 179. The largest absolute Gasteiger partial charge is 0.309 e. The minimum Gasteiger partial charge on any atom is -0.309 e. The van der Waals surface area contributed by atoms with Gasteiger partial charge in [-0.1, -0.05) is 346 Å². The molecule has 0 spiro atoms. The van der Waals surface area contributed by atoms with Crippen molar-refractivity contribution in [1.29, 1.82) is 0 Å². The fourth-order valence-electron chi connectivity index (χ4n) is 21.5. The van der Waals surface area contributed by atoms with Crippen molar-refractivity contribution < 1.29 is 0 Å². The maximum Gasteiger partial charge on any atom is 0.238 e. The highest BCUT2D eigenvalue weighted by Crippen LogP contribution is 2.45. The molecule has 11 heteroatoms. The van der Waals surface area contributed by atoms with E-state index in [9.17, 15) is 0 Å². The van der Waals surface area contributed by atoms with E-state index in [1.807, 2.05) is 60.7 Å². The Morgan fingerprint density at radius 3 is 0.771 bits per heavy atom.